The second kappa shape index (κ2) is 8.16. The van der Waals surface area contributed by atoms with Crippen molar-refractivity contribution in [1.82, 2.24) is 5.32 Å². The summed E-state index contributed by atoms with van der Waals surface area (Å²) in [5, 5.41) is 9.19. The van der Waals surface area contributed by atoms with E-state index in [9.17, 15) is 48.0 Å². The Morgan fingerprint density at radius 3 is 1.75 bits per heavy atom. The fraction of sp³-hybridized carbons (Fsp3) is 0.846. The Hall–Kier alpha value is -1.38. The zero-order valence-corrected chi connectivity index (χ0v) is 16.0. The van der Waals surface area contributed by atoms with Crippen LogP contribution >= 0.6 is 0 Å². The summed E-state index contributed by atoms with van der Waals surface area (Å²) < 4.78 is 122. The summed E-state index contributed by atoms with van der Waals surface area (Å²) in [5.41, 5.74) is -13.1. The van der Waals surface area contributed by atoms with Crippen molar-refractivity contribution in [3.8, 4) is 0 Å². The number of amides is 1. The van der Waals surface area contributed by atoms with Gasteiger partial charge in [-0.15, -0.1) is 0 Å². The Balaban J connectivity index is 3.65. The Bertz CT molecular complexity index is 775. The molecule has 2 unspecified atom stereocenters. The number of hydrogen-bond donors (Lipinski definition) is 2. The molecule has 1 aliphatic carbocycles. The largest absolute Gasteiger partial charge is 0.498 e. The van der Waals surface area contributed by atoms with Crippen molar-refractivity contribution < 1.29 is 48.0 Å². The van der Waals surface area contributed by atoms with Gasteiger partial charge in [-0.05, 0) is 19.8 Å². The number of carbonyl (C=O) groups is 1. The first-order valence-corrected chi connectivity index (χ1v) is 11.0. The van der Waals surface area contributed by atoms with Gasteiger partial charge < -0.3 is 5.32 Å². The topological polar surface area (TPSA) is 121 Å². The maximum absolute atomic E-state index is 13.0. The van der Waals surface area contributed by atoms with Crippen molar-refractivity contribution >= 4 is 31.3 Å². The maximum atomic E-state index is 13.0. The lowest BCUT2D eigenvalue weighted by atomic mass is 9.96. The first kappa shape index (κ1) is 24.7. The summed E-state index contributed by atoms with van der Waals surface area (Å²) in [4.78, 5) is 11.7. The second-order valence-corrected chi connectivity index (χ2v) is 10.8. The van der Waals surface area contributed by atoms with Crippen LogP contribution < -0.4 is 5.32 Å². The quantitative estimate of drug-likeness (QED) is 0.370. The van der Waals surface area contributed by atoms with Crippen molar-refractivity contribution in [2.24, 2.45) is 5.92 Å². The molecule has 1 saturated carbocycles. The van der Waals surface area contributed by atoms with E-state index in [-0.39, 0.29) is 25.7 Å². The van der Waals surface area contributed by atoms with Crippen LogP contribution in [-0.4, -0.2) is 50.1 Å². The Morgan fingerprint density at radius 2 is 1.36 bits per heavy atom. The minimum atomic E-state index is -6.80. The highest BCUT2D eigenvalue weighted by atomic mass is 32.3. The van der Waals surface area contributed by atoms with E-state index in [1.165, 1.54) is 0 Å². The number of carbonyl (C=O) groups excluding carboxylic acids is 1. The summed E-state index contributed by atoms with van der Waals surface area (Å²) in [7, 11) is -13.6. The molecule has 0 heterocycles. The van der Waals surface area contributed by atoms with E-state index in [0.29, 0.717) is 0 Å². The number of hydrogen-bond acceptors (Lipinski definition) is 6. The molecule has 0 spiro atoms. The summed E-state index contributed by atoms with van der Waals surface area (Å²) >= 11 is 0. The van der Waals surface area contributed by atoms with E-state index in [2.05, 4.69) is 0 Å². The lowest BCUT2D eigenvalue weighted by molar-refractivity contribution is -0.115. The molecule has 0 bridgehead atoms. The Kier molecular flexibility index (Phi) is 7.19. The van der Waals surface area contributed by atoms with Gasteiger partial charge in [0.15, 0.2) is 4.58 Å². The molecule has 0 saturated heterocycles. The maximum Gasteiger partial charge on any atom is 0.498 e. The average molecular weight is 460 g/mol. The average Bonchev–Trinajstić information content (AvgIpc) is 2.70. The van der Waals surface area contributed by atoms with E-state index in [0.717, 1.165) is 6.92 Å². The van der Waals surface area contributed by atoms with Gasteiger partial charge in [-0.2, -0.15) is 26.3 Å². The van der Waals surface area contributed by atoms with E-state index in [4.69, 9.17) is 5.41 Å². The van der Waals surface area contributed by atoms with Crippen LogP contribution in [0.5, 0.6) is 0 Å². The molecule has 0 aromatic heterocycles. The third-order valence-electron chi connectivity index (χ3n) is 4.33. The van der Waals surface area contributed by atoms with Gasteiger partial charge in [-0.1, -0.05) is 19.3 Å². The van der Waals surface area contributed by atoms with E-state index >= 15 is 0 Å². The summed E-state index contributed by atoms with van der Waals surface area (Å²) in [6.45, 7) is 0.997. The fourth-order valence-corrected chi connectivity index (χ4v) is 7.10. The molecule has 1 amide bonds. The monoisotopic (exact) mass is 460 g/mol. The van der Waals surface area contributed by atoms with Crippen molar-refractivity contribution in [3.63, 3.8) is 0 Å². The Morgan fingerprint density at radius 1 is 0.929 bits per heavy atom. The molecule has 2 atom stereocenters. The van der Waals surface area contributed by atoms with Gasteiger partial charge in [0.05, 0.1) is 5.71 Å². The second-order valence-electron chi connectivity index (χ2n) is 6.36. The summed E-state index contributed by atoms with van der Waals surface area (Å²) in [6.07, 6.45) is -0.364. The van der Waals surface area contributed by atoms with Crippen molar-refractivity contribution in [2.45, 2.75) is 60.7 Å². The number of nitrogens with one attached hydrogen (secondary N) is 2. The highest BCUT2D eigenvalue weighted by Crippen LogP contribution is 2.43. The first-order valence-electron chi connectivity index (χ1n) is 7.91. The predicted octanol–water partition coefficient (Wildman–Crippen LogP) is 2.29. The minimum Gasteiger partial charge on any atom is -0.348 e. The normalized spacial score (nSPS) is 22.6. The van der Waals surface area contributed by atoms with E-state index in [1.807, 2.05) is 5.32 Å². The van der Waals surface area contributed by atoms with Crippen LogP contribution in [0.15, 0.2) is 0 Å². The van der Waals surface area contributed by atoms with Crippen molar-refractivity contribution in [1.29, 1.82) is 5.41 Å². The van der Waals surface area contributed by atoms with Gasteiger partial charge in [0.1, 0.15) is 0 Å². The lowest BCUT2D eigenvalue weighted by Crippen LogP contribution is -2.55. The zero-order chi connectivity index (χ0) is 22.1. The van der Waals surface area contributed by atoms with Gasteiger partial charge in [-0.25, -0.2) is 16.8 Å². The molecule has 15 heteroatoms. The molecule has 0 radical (unpaired) electrons. The van der Waals surface area contributed by atoms with Crippen LogP contribution in [0.2, 0.25) is 0 Å². The van der Waals surface area contributed by atoms with Gasteiger partial charge in [0.2, 0.25) is 0 Å². The van der Waals surface area contributed by atoms with Gasteiger partial charge >= 0.3 is 11.0 Å². The third kappa shape index (κ3) is 4.96. The molecule has 164 valence electrons. The number of rotatable bonds is 5. The summed E-state index contributed by atoms with van der Waals surface area (Å²) in [5.74, 6) is -3.34. The third-order valence-corrected chi connectivity index (χ3v) is 9.07. The lowest BCUT2D eigenvalue weighted by Gasteiger charge is -2.33. The molecule has 7 nitrogen and oxygen atoms in total. The molecule has 0 aromatic carbocycles. The van der Waals surface area contributed by atoms with E-state index in [1.54, 1.807) is 0 Å². The van der Waals surface area contributed by atoms with Gasteiger partial charge in [-0.3, -0.25) is 10.2 Å². The number of alkyl halides is 6. The fourth-order valence-electron chi connectivity index (χ4n) is 3.01. The molecular formula is C13H18F6N2O5S2. The predicted molar refractivity (Wildman–Crippen MR) is 85.6 cm³/mol. The van der Waals surface area contributed by atoms with Crippen LogP contribution in [0.1, 0.15) is 39.0 Å². The summed E-state index contributed by atoms with van der Waals surface area (Å²) in [6, 6.07) is -1.60. The minimum absolute atomic E-state index is 0.0299. The number of halogens is 6. The molecule has 0 aliphatic heterocycles. The smallest absolute Gasteiger partial charge is 0.348 e. The van der Waals surface area contributed by atoms with Crippen LogP contribution in [-0.2, 0) is 24.5 Å². The van der Waals surface area contributed by atoms with Crippen molar-refractivity contribution in [2.75, 3.05) is 0 Å². The van der Waals surface area contributed by atoms with E-state index < -0.39 is 65.3 Å². The molecule has 28 heavy (non-hydrogen) atoms. The molecule has 1 rings (SSSR count). The van der Waals surface area contributed by atoms with Gasteiger partial charge in [0, 0.05) is 12.0 Å². The van der Waals surface area contributed by atoms with Gasteiger partial charge in [0.25, 0.3) is 25.6 Å². The zero-order valence-electron chi connectivity index (χ0n) is 14.4. The number of sulfone groups is 2. The van der Waals surface area contributed by atoms with Crippen molar-refractivity contribution in [3.05, 3.63) is 0 Å². The van der Waals surface area contributed by atoms with Crippen LogP contribution in [0.4, 0.5) is 26.3 Å². The molecule has 2 N–H and O–H groups in total. The van der Waals surface area contributed by atoms with Crippen LogP contribution in [0.25, 0.3) is 0 Å². The van der Waals surface area contributed by atoms with Crippen LogP contribution in [0.3, 0.4) is 0 Å². The molecule has 0 aromatic rings. The first-order chi connectivity index (χ1) is 12.4. The standard InChI is InChI=1S/C13H18F6N2O5S2/c1-7(20)10(22)21-9-6-4-2-3-5-8(9)11(27(23,24)12(14,15)16)28(25,26)13(17,18)19/h8-9,11,20H,2-6H2,1H3,(H,21,22). The molecule has 1 fully saturated rings. The highest BCUT2D eigenvalue weighted by Gasteiger charge is 2.65. The highest BCUT2D eigenvalue weighted by molar-refractivity contribution is 8.09. The Labute approximate surface area is 157 Å². The SMILES string of the molecule is CC(=N)C(=O)NC1CCCCCC1C(S(=O)(=O)C(F)(F)F)S(=O)(=O)C(F)(F)F. The molecular weight excluding hydrogens is 442 g/mol. The molecule has 1 aliphatic rings. The van der Waals surface area contributed by atoms with Crippen LogP contribution in [0, 0.1) is 11.3 Å².